The zero-order valence-corrected chi connectivity index (χ0v) is 14.7. The third-order valence-corrected chi connectivity index (χ3v) is 9.04. The fraction of sp³-hybridized carbons (Fsp3) is 0.444. The highest BCUT2D eigenvalue weighted by Gasteiger charge is 2.36. The van der Waals surface area contributed by atoms with Crippen LogP contribution in [-0.4, -0.2) is 13.4 Å². The van der Waals surface area contributed by atoms with Crippen molar-refractivity contribution in [3.63, 3.8) is 0 Å². The molecule has 0 fully saturated rings. The molecule has 0 aliphatic carbocycles. The summed E-state index contributed by atoms with van der Waals surface area (Å²) in [5.41, 5.74) is 2.16. The average Bonchev–Trinajstić information content (AvgIpc) is 2.43. The van der Waals surface area contributed by atoms with Gasteiger partial charge in [-0.3, -0.25) is 0 Å². The second-order valence-corrected chi connectivity index (χ2v) is 12.0. The van der Waals surface area contributed by atoms with Gasteiger partial charge in [0.05, 0.1) is 13.2 Å². The molecule has 114 valence electrons. The van der Waals surface area contributed by atoms with Crippen LogP contribution in [0.15, 0.2) is 36.4 Å². The average molecular weight is 302 g/mol. The van der Waals surface area contributed by atoms with Crippen LogP contribution in [0, 0.1) is 0 Å². The Bertz CT molecular complexity index is 627. The molecule has 0 unspecified atom stereocenters. The number of fused-ring (bicyclic) bond motifs is 1. The van der Waals surface area contributed by atoms with Crippen molar-refractivity contribution < 1.29 is 9.53 Å². The molecule has 3 heteroatoms. The standard InChI is InChI=1S/C18H26O2Si/c1-18(2,3)21(4,5)20-13-15-7-9-16-10-14(12-19)6-8-17(16)11-15/h6-11,19H,12-13H2,1-5H3. The van der Waals surface area contributed by atoms with E-state index in [1.165, 1.54) is 10.9 Å². The van der Waals surface area contributed by atoms with Crippen molar-refractivity contribution in [1.82, 2.24) is 0 Å². The van der Waals surface area contributed by atoms with Crippen LogP contribution in [0.25, 0.3) is 10.8 Å². The Labute approximate surface area is 128 Å². The molecule has 0 saturated carbocycles. The van der Waals surface area contributed by atoms with E-state index in [2.05, 4.69) is 58.1 Å². The van der Waals surface area contributed by atoms with Gasteiger partial charge >= 0.3 is 0 Å². The predicted octanol–water partition coefficient (Wildman–Crippen LogP) is 4.85. The summed E-state index contributed by atoms with van der Waals surface area (Å²) in [6, 6.07) is 12.5. The second-order valence-electron chi connectivity index (χ2n) is 7.22. The summed E-state index contributed by atoms with van der Waals surface area (Å²) in [4.78, 5) is 0. The molecule has 0 atom stereocenters. The molecular weight excluding hydrogens is 276 g/mol. The minimum Gasteiger partial charge on any atom is -0.413 e. The van der Waals surface area contributed by atoms with E-state index in [1.807, 2.05) is 12.1 Å². The number of hydrogen-bond donors (Lipinski definition) is 1. The summed E-state index contributed by atoms with van der Waals surface area (Å²) in [7, 11) is -1.70. The smallest absolute Gasteiger partial charge is 0.192 e. The van der Waals surface area contributed by atoms with Crippen molar-refractivity contribution in [1.29, 1.82) is 0 Å². The lowest BCUT2D eigenvalue weighted by molar-refractivity contribution is 0.276. The van der Waals surface area contributed by atoms with Gasteiger partial charge in [-0.25, -0.2) is 0 Å². The van der Waals surface area contributed by atoms with E-state index < -0.39 is 8.32 Å². The van der Waals surface area contributed by atoms with Crippen molar-refractivity contribution in [2.75, 3.05) is 0 Å². The van der Waals surface area contributed by atoms with Gasteiger partial charge < -0.3 is 9.53 Å². The van der Waals surface area contributed by atoms with Gasteiger partial charge in [0.1, 0.15) is 0 Å². The van der Waals surface area contributed by atoms with Crippen LogP contribution in [0.2, 0.25) is 18.1 Å². The highest BCUT2D eigenvalue weighted by Crippen LogP contribution is 2.37. The molecule has 2 aromatic rings. The molecule has 2 rings (SSSR count). The minimum atomic E-state index is -1.70. The largest absolute Gasteiger partial charge is 0.413 e. The van der Waals surface area contributed by atoms with Crippen molar-refractivity contribution in [3.05, 3.63) is 47.5 Å². The summed E-state index contributed by atoms with van der Waals surface area (Å²) in [5, 5.41) is 11.8. The van der Waals surface area contributed by atoms with Gasteiger partial charge in [-0.1, -0.05) is 45.0 Å². The fourth-order valence-electron chi connectivity index (χ4n) is 2.01. The zero-order valence-electron chi connectivity index (χ0n) is 13.7. The van der Waals surface area contributed by atoms with Crippen LogP contribution in [0.3, 0.4) is 0 Å². The van der Waals surface area contributed by atoms with E-state index in [1.54, 1.807) is 0 Å². The van der Waals surface area contributed by atoms with E-state index in [0.29, 0.717) is 6.61 Å². The zero-order chi connectivity index (χ0) is 15.7. The Morgan fingerprint density at radius 3 is 2.00 bits per heavy atom. The topological polar surface area (TPSA) is 29.5 Å². The molecule has 0 heterocycles. The quantitative estimate of drug-likeness (QED) is 0.818. The molecular formula is C18H26O2Si. The van der Waals surface area contributed by atoms with Gasteiger partial charge in [0, 0.05) is 0 Å². The first kappa shape index (κ1) is 16.2. The van der Waals surface area contributed by atoms with Crippen molar-refractivity contribution in [2.24, 2.45) is 0 Å². The Hall–Kier alpha value is -1.16. The van der Waals surface area contributed by atoms with Gasteiger partial charge in [0.25, 0.3) is 0 Å². The third kappa shape index (κ3) is 3.73. The van der Waals surface area contributed by atoms with Crippen molar-refractivity contribution >= 4 is 19.1 Å². The monoisotopic (exact) mass is 302 g/mol. The van der Waals surface area contributed by atoms with Crippen molar-refractivity contribution in [3.8, 4) is 0 Å². The van der Waals surface area contributed by atoms with E-state index >= 15 is 0 Å². The lowest BCUT2D eigenvalue weighted by Crippen LogP contribution is -2.40. The van der Waals surface area contributed by atoms with E-state index in [0.717, 1.165) is 10.9 Å². The Morgan fingerprint density at radius 1 is 0.952 bits per heavy atom. The molecule has 2 nitrogen and oxygen atoms in total. The number of aliphatic hydroxyl groups excluding tert-OH is 1. The lowest BCUT2D eigenvalue weighted by atomic mass is 10.0. The third-order valence-electron chi connectivity index (χ3n) is 4.56. The van der Waals surface area contributed by atoms with Crippen LogP contribution in [-0.2, 0) is 17.6 Å². The first-order valence-corrected chi connectivity index (χ1v) is 10.4. The molecule has 0 aliphatic rings. The van der Waals surface area contributed by atoms with Crippen LogP contribution in [0.5, 0.6) is 0 Å². The maximum atomic E-state index is 9.19. The SMILES string of the molecule is CC(C)(C)[Si](C)(C)OCc1ccc2cc(CO)ccc2c1. The van der Waals surface area contributed by atoms with E-state index in [9.17, 15) is 5.11 Å². The summed E-state index contributed by atoms with van der Waals surface area (Å²) < 4.78 is 6.27. The van der Waals surface area contributed by atoms with Crippen molar-refractivity contribution in [2.45, 2.75) is 52.1 Å². The highest BCUT2D eigenvalue weighted by atomic mass is 28.4. The Kier molecular flexibility index (Phi) is 4.56. The maximum Gasteiger partial charge on any atom is 0.192 e. The molecule has 0 spiro atoms. The van der Waals surface area contributed by atoms with Gasteiger partial charge in [0.15, 0.2) is 8.32 Å². The first-order chi connectivity index (χ1) is 9.73. The summed E-state index contributed by atoms with van der Waals surface area (Å²) >= 11 is 0. The highest BCUT2D eigenvalue weighted by molar-refractivity contribution is 6.74. The Morgan fingerprint density at radius 2 is 1.48 bits per heavy atom. The first-order valence-electron chi connectivity index (χ1n) is 7.49. The summed E-state index contributed by atoms with van der Waals surface area (Å²) in [6.45, 7) is 12.1. The van der Waals surface area contributed by atoms with Crippen LogP contribution in [0.4, 0.5) is 0 Å². The van der Waals surface area contributed by atoms with Gasteiger partial charge in [-0.15, -0.1) is 0 Å². The maximum absolute atomic E-state index is 9.19. The normalized spacial score (nSPS) is 12.9. The Balaban J connectivity index is 2.17. The number of benzene rings is 2. The molecule has 0 radical (unpaired) electrons. The van der Waals surface area contributed by atoms with Crippen LogP contribution in [0.1, 0.15) is 31.9 Å². The lowest BCUT2D eigenvalue weighted by Gasteiger charge is -2.36. The number of aliphatic hydroxyl groups is 1. The van der Waals surface area contributed by atoms with Crippen LogP contribution < -0.4 is 0 Å². The second kappa shape index (κ2) is 5.91. The molecule has 0 aromatic heterocycles. The van der Waals surface area contributed by atoms with Gasteiger partial charge in [-0.05, 0) is 52.2 Å². The van der Waals surface area contributed by atoms with Crippen LogP contribution >= 0.6 is 0 Å². The summed E-state index contributed by atoms with van der Waals surface area (Å²) in [6.07, 6.45) is 0. The van der Waals surface area contributed by atoms with E-state index in [4.69, 9.17) is 4.43 Å². The molecule has 1 N–H and O–H groups in total. The van der Waals surface area contributed by atoms with Gasteiger partial charge in [0.2, 0.25) is 0 Å². The molecule has 21 heavy (non-hydrogen) atoms. The molecule has 0 saturated heterocycles. The van der Waals surface area contributed by atoms with Gasteiger partial charge in [-0.2, -0.15) is 0 Å². The predicted molar refractivity (Wildman–Crippen MR) is 91.9 cm³/mol. The van der Waals surface area contributed by atoms with E-state index in [-0.39, 0.29) is 11.6 Å². The minimum absolute atomic E-state index is 0.0895. The fourth-order valence-corrected chi connectivity index (χ4v) is 2.97. The number of hydrogen-bond acceptors (Lipinski definition) is 2. The molecule has 0 amide bonds. The molecule has 0 aliphatic heterocycles. The number of rotatable bonds is 4. The molecule has 0 bridgehead atoms. The summed E-state index contributed by atoms with van der Waals surface area (Å²) in [5.74, 6) is 0. The molecule has 2 aromatic carbocycles.